The number of nitro benzene ring substituents is 1. The zero-order valence-corrected chi connectivity index (χ0v) is 36.4. The van der Waals surface area contributed by atoms with E-state index >= 15 is 0 Å². The van der Waals surface area contributed by atoms with E-state index in [-0.39, 0.29) is 28.1 Å². The Kier molecular flexibility index (Phi) is 14.1. The van der Waals surface area contributed by atoms with E-state index in [2.05, 4.69) is 53.3 Å². The number of aliphatic hydroxyl groups is 1. The molecule has 1 aliphatic heterocycles. The average Bonchev–Trinajstić information content (AvgIpc) is 3.24. The maximum absolute atomic E-state index is 13.8. The minimum Gasteiger partial charge on any atom is -0.389 e. The number of sulfonamides is 1. The van der Waals surface area contributed by atoms with Crippen LogP contribution in [0, 0.1) is 10.1 Å². The number of hydrogen-bond acceptors (Lipinski definition) is 12. The fourth-order valence-electron chi connectivity index (χ4n) is 7.26. The van der Waals surface area contributed by atoms with Crippen molar-refractivity contribution in [2.24, 2.45) is 0 Å². The number of thioether (sulfide) groups is 1. The molecular formula is C45H49ClN8O5S2. The predicted molar refractivity (Wildman–Crippen MR) is 246 cm³/mol. The van der Waals surface area contributed by atoms with Gasteiger partial charge in [0, 0.05) is 78.1 Å². The number of hydrogen-bond donors (Lipinski definition) is 4. The van der Waals surface area contributed by atoms with Gasteiger partial charge in [-0.3, -0.25) is 19.7 Å². The Morgan fingerprint density at radius 3 is 2.38 bits per heavy atom. The van der Waals surface area contributed by atoms with Gasteiger partial charge < -0.3 is 20.6 Å². The van der Waals surface area contributed by atoms with Crippen LogP contribution in [0.5, 0.6) is 0 Å². The molecule has 318 valence electrons. The highest BCUT2D eigenvalue weighted by molar-refractivity contribution is 7.99. The summed E-state index contributed by atoms with van der Waals surface area (Å²) < 4.78 is 30.1. The van der Waals surface area contributed by atoms with Crippen LogP contribution in [0.25, 0.3) is 22.0 Å². The SMILES string of the molecule is CC(C)(O)CNCCC(CSc1ccccc1)Nc1ccc(S(=O)(=O)Nc2ncnc3cc(N4CCN(Cc5cc(Cl)ccc5-c5ccccc5)CC4)ccc23)cc1[N+](=O)[O-]. The second kappa shape index (κ2) is 19.6. The lowest BCUT2D eigenvalue weighted by atomic mass is 9.99. The van der Waals surface area contributed by atoms with E-state index in [1.165, 1.54) is 29.6 Å². The smallest absolute Gasteiger partial charge is 0.293 e. The summed E-state index contributed by atoms with van der Waals surface area (Å²) in [6.07, 6.45) is 1.89. The largest absolute Gasteiger partial charge is 0.389 e. The van der Waals surface area contributed by atoms with E-state index in [1.54, 1.807) is 31.7 Å². The molecule has 0 saturated carbocycles. The van der Waals surface area contributed by atoms with Crippen LogP contribution in [0.3, 0.4) is 0 Å². The molecule has 1 aromatic heterocycles. The Labute approximate surface area is 365 Å². The fraction of sp³-hybridized carbons (Fsp3) is 0.289. The number of benzene rings is 5. The van der Waals surface area contributed by atoms with Crippen molar-refractivity contribution in [2.75, 3.05) is 60.0 Å². The van der Waals surface area contributed by atoms with Crippen molar-refractivity contribution in [2.45, 2.75) is 48.2 Å². The first-order valence-corrected chi connectivity index (χ1v) is 22.9. The van der Waals surface area contributed by atoms with Crippen molar-refractivity contribution in [1.82, 2.24) is 20.2 Å². The minimum atomic E-state index is -4.30. The van der Waals surface area contributed by atoms with Crippen molar-refractivity contribution in [3.63, 3.8) is 0 Å². The lowest BCUT2D eigenvalue weighted by molar-refractivity contribution is -0.384. The van der Waals surface area contributed by atoms with Gasteiger partial charge in [0.2, 0.25) is 0 Å². The molecule has 1 fully saturated rings. The van der Waals surface area contributed by atoms with Crippen molar-refractivity contribution >= 4 is 67.2 Å². The predicted octanol–water partition coefficient (Wildman–Crippen LogP) is 8.30. The number of fused-ring (bicyclic) bond motifs is 1. The highest BCUT2D eigenvalue weighted by atomic mass is 35.5. The van der Waals surface area contributed by atoms with Crippen LogP contribution in [0.15, 0.2) is 131 Å². The lowest BCUT2D eigenvalue weighted by Gasteiger charge is -2.36. The molecule has 6 aromatic rings. The van der Waals surface area contributed by atoms with E-state index in [0.29, 0.717) is 41.2 Å². The lowest BCUT2D eigenvalue weighted by Crippen LogP contribution is -2.46. The highest BCUT2D eigenvalue weighted by Gasteiger charge is 2.25. The van der Waals surface area contributed by atoms with Crippen LogP contribution in [0.2, 0.25) is 5.02 Å². The number of nitro groups is 1. The fourth-order valence-corrected chi connectivity index (χ4v) is 9.50. The minimum absolute atomic E-state index is 0.0681. The molecule has 4 N–H and O–H groups in total. The van der Waals surface area contributed by atoms with E-state index in [1.807, 2.05) is 72.8 Å². The van der Waals surface area contributed by atoms with E-state index in [9.17, 15) is 23.6 Å². The normalized spacial score (nSPS) is 14.2. The summed E-state index contributed by atoms with van der Waals surface area (Å²) in [5, 5.41) is 30.2. The maximum Gasteiger partial charge on any atom is 0.293 e. The quantitative estimate of drug-likeness (QED) is 0.0283. The topological polar surface area (TPSA) is 166 Å². The summed E-state index contributed by atoms with van der Waals surface area (Å²) in [7, 11) is -4.30. The Morgan fingerprint density at radius 1 is 0.918 bits per heavy atom. The van der Waals surface area contributed by atoms with Gasteiger partial charge in [0.25, 0.3) is 15.7 Å². The summed E-state index contributed by atoms with van der Waals surface area (Å²) in [6.45, 7) is 8.37. The number of nitrogens with one attached hydrogen (secondary N) is 3. The molecule has 13 nitrogen and oxygen atoms in total. The van der Waals surface area contributed by atoms with Crippen molar-refractivity contribution in [3.8, 4) is 11.1 Å². The Balaban J connectivity index is 1.02. The molecule has 2 heterocycles. The van der Waals surface area contributed by atoms with Crippen molar-refractivity contribution in [3.05, 3.63) is 142 Å². The first kappa shape index (κ1) is 43.8. The molecule has 0 spiro atoms. The number of piperazine rings is 1. The number of nitrogens with zero attached hydrogens (tertiary/aromatic N) is 5. The van der Waals surface area contributed by atoms with Gasteiger partial charge in [0.15, 0.2) is 5.82 Å². The Morgan fingerprint density at radius 2 is 1.66 bits per heavy atom. The van der Waals surface area contributed by atoms with Gasteiger partial charge in [0.05, 0.1) is 20.9 Å². The first-order chi connectivity index (χ1) is 29.3. The second-order valence-electron chi connectivity index (χ2n) is 15.6. The van der Waals surface area contributed by atoms with Gasteiger partial charge in [-0.15, -0.1) is 11.8 Å². The van der Waals surface area contributed by atoms with Crippen LogP contribution in [-0.2, 0) is 16.6 Å². The zero-order chi connectivity index (χ0) is 43.0. The van der Waals surface area contributed by atoms with Gasteiger partial charge in [-0.25, -0.2) is 18.4 Å². The molecule has 1 saturated heterocycles. The van der Waals surface area contributed by atoms with E-state index < -0.39 is 20.5 Å². The standard InChI is InChI=1S/C45H49ClN8O5S2/c1-45(2,55)30-47-20-19-35(29-60-37-11-7-4-8-12-37)50-41-18-15-38(27-43(41)54(56)57)61(58,59)51-44-40-17-14-36(26-42(40)48-31-49-44)53-23-21-52(22-24-53)28-33-25-34(46)13-16-39(33)32-9-5-3-6-10-32/h3-18,25-27,31,35,47,50,55H,19-24,28-30H2,1-2H3,(H,48,49,51). The molecule has 0 radical (unpaired) electrons. The van der Waals surface area contributed by atoms with Gasteiger partial charge in [-0.05, 0) is 98.1 Å². The summed E-state index contributed by atoms with van der Waals surface area (Å²) in [5.74, 6) is 0.657. The zero-order valence-electron chi connectivity index (χ0n) is 34.0. The number of aromatic nitrogens is 2. The molecule has 61 heavy (non-hydrogen) atoms. The molecule has 1 atom stereocenters. The summed E-state index contributed by atoms with van der Waals surface area (Å²) in [6, 6.07) is 35.5. The molecule has 0 bridgehead atoms. The summed E-state index contributed by atoms with van der Waals surface area (Å²) >= 11 is 8.04. The molecule has 0 aliphatic carbocycles. The molecule has 1 unspecified atom stereocenters. The average molecular weight is 882 g/mol. The maximum atomic E-state index is 13.8. The highest BCUT2D eigenvalue weighted by Crippen LogP contribution is 2.33. The first-order valence-electron chi connectivity index (χ1n) is 20.1. The molecular weight excluding hydrogens is 832 g/mol. The molecule has 16 heteroatoms. The van der Waals surface area contributed by atoms with Crippen LogP contribution >= 0.6 is 23.4 Å². The third-order valence-corrected chi connectivity index (χ3v) is 13.1. The van der Waals surface area contributed by atoms with Crippen LogP contribution in [-0.4, -0.2) is 90.0 Å². The van der Waals surface area contributed by atoms with E-state index in [0.717, 1.165) is 54.9 Å². The third-order valence-electron chi connectivity index (χ3n) is 10.4. The van der Waals surface area contributed by atoms with Crippen LogP contribution < -0.4 is 20.3 Å². The summed E-state index contributed by atoms with van der Waals surface area (Å²) in [5.41, 5.74) is 3.96. The van der Waals surface area contributed by atoms with Crippen molar-refractivity contribution in [1.29, 1.82) is 0 Å². The summed E-state index contributed by atoms with van der Waals surface area (Å²) in [4.78, 5) is 26.0. The van der Waals surface area contributed by atoms with Gasteiger partial charge >= 0.3 is 0 Å². The van der Waals surface area contributed by atoms with Crippen molar-refractivity contribution < 1.29 is 18.4 Å². The van der Waals surface area contributed by atoms with Crippen LogP contribution in [0.4, 0.5) is 22.9 Å². The molecule has 1 aliphatic rings. The van der Waals surface area contributed by atoms with Gasteiger partial charge in [-0.2, -0.15) is 0 Å². The number of rotatable bonds is 18. The molecule has 0 amide bonds. The molecule has 5 aromatic carbocycles. The van der Waals surface area contributed by atoms with E-state index in [4.69, 9.17) is 11.6 Å². The monoisotopic (exact) mass is 880 g/mol. The Hall–Kier alpha value is -5.29. The Bertz CT molecular complexity index is 2560. The van der Waals surface area contributed by atoms with Crippen LogP contribution in [0.1, 0.15) is 25.8 Å². The van der Waals surface area contributed by atoms with Gasteiger partial charge in [0.1, 0.15) is 12.0 Å². The molecule has 7 rings (SSSR count). The number of anilines is 3. The number of halogens is 1. The third kappa shape index (κ3) is 11.8. The van der Waals surface area contributed by atoms with Gasteiger partial charge in [-0.1, -0.05) is 66.2 Å². The second-order valence-corrected chi connectivity index (χ2v) is 18.9.